The van der Waals surface area contributed by atoms with Gasteiger partial charge in [0, 0.05) is 32.7 Å². The van der Waals surface area contributed by atoms with Crippen molar-refractivity contribution in [3.63, 3.8) is 0 Å². The van der Waals surface area contributed by atoms with Gasteiger partial charge in [0.2, 0.25) is 0 Å². The van der Waals surface area contributed by atoms with Gasteiger partial charge in [-0.05, 0) is 32.9 Å². The molecular formula is C13H23N3O3. The summed E-state index contributed by atoms with van der Waals surface area (Å²) in [7, 11) is 4.15. The lowest BCUT2D eigenvalue weighted by molar-refractivity contribution is -0.146. The van der Waals surface area contributed by atoms with Crippen molar-refractivity contribution >= 4 is 12.0 Å². The van der Waals surface area contributed by atoms with E-state index in [1.54, 1.807) is 4.90 Å². The van der Waals surface area contributed by atoms with Crippen LogP contribution >= 0.6 is 0 Å². The first-order valence-electron chi connectivity index (χ1n) is 6.88. The highest BCUT2D eigenvalue weighted by atomic mass is 16.4. The molecule has 1 N–H and O–H groups in total. The summed E-state index contributed by atoms with van der Waals surface area (Å²) in [6.07, 6.45) is 2.08. The van der Waals surface area contributed by atoms with Gasteiger partial charge in [-0.3, -0.25) is 4.79 Å². The fourth-order valence-electron chi connectivity index (χ4n) is 2.81. The summed E-state index contributed by atoms with van der Waals surface area (Å²) < 4.78 is 0. The summed E-state index contributed by atoms with van der Waals surface area (Å²) in [4.78, 5) is 28.5. The van der Waals surface area contributed by atoms with E-state index >= 15 is 0 Å². The Morgan fingerprint density at radius 1 is 1.16 bits per heavy atom. The van der Waals surface area contributed by atoms with Gasteiger partial charge in [0.25, 0.3) is 0 Å². The van der Waals surface area contributed by atoms with Crippen LogP contribution in [0, 0.1) is 11.8 Å². The maximum atomic E-state index is 12.1. The van der Waals surface area contributed by atoms with E-state index in [4.69, 9.17) is 5.11 Å². The maximum absolute atomic E-state index is 12.1. The SMILES string of the molecule is CN(C)CC1CCN(C(=O)N2CC(C(=O)O)C2)CC1. The second-order valence-corrected chi connectivity index (χ2v) is 5.92. The van der Waals surface area contributed by atoms with Gasteiger partial charge in [0.1, 0.15) is 0 Å². The fraction of sp³-hybridized carbons (Fsp3) is 0.846. The molecule has 0 radical (unpaired) electrons. The van der Waals surface area contributed by atoms with Crippen LogP contribution in [0.4, 0.5) is 4.79 Å². The lowest BCUT2D eigenvalue weighted by atomic mass is 9.96. The Kier molecular flexibility index (Phi) is 4.29. The summed E-state index contributed by atoms with van der Waals surface area (Å²) in [6.45, 7) is 3.40. The molecule has 0 bridgehead atoms. The molecule has 0 atom stereocenters. The largest absolute Gasteiger partial charge is 0.481 e. The van der Waals surface area contributed by atoms with Crippen LogP contribution in [0.25, 0.3) is 0 Å². The van der Waals surface area contributed by atoms with Crippen molar-refractivity contribution in [2.45, 2.75) is 12.8 Å². The molecule has 2 heterocycles. The molecule has 6 heteroatoms. The molecule has 6 nitrogen and oxygen atoms in total. The van der Waals surface area contributed by atoms with E-state index in [9.17, 15) is 9.59 Å². The van der Waals surface area contributed by atoms with Gasteiger partial charge in [-0.15, -0.1) is 0 Å². The highest BCUT2D eigenvalue weighted by molar-refractivity contribution is 5.79. The molecule has 108 valence electrons. The molecule has 2 amide bonds. The van der Waals surface area contributed by atoms with Gasteiger partial charge in [-0.25, -0.2) is 4.79 Å². The van der Waals surface area contributed by atoms with Crippen molar-refractivity contribution in [3.05, 3.63) is 0 Å². The number of rotatable bonds is 3. The van der Waals surface area contributed by atoms with Crippen molar-refractivity contribution < 1.29 is 14.7 Å². The monoisotopic (exact) mass is 269 g/mol. The van der Waals surface area contributed by atoms with Crippen LogP contribution in [0.3, 0.4) is 0 Å². The average molecular weight is 269 g/mol. The van der Waals surface area contributed by atoms with Gasteiger partial charge in [0.15, 0.2) is 0 Å². The summed E-state index contributed by atoms with van der Waals surface area (Å²) >= 11 is 0. The third kappa shape index (κ3) is 3.37. The number of likely N-dealkylation sites (tertiary alicyclic amines) is 2. The van der Waals surface area contributed by atoms with Crippen LogP contribution in [-0.2, 0) is 4.79 Å². The summed E-state index contributed by atoms with van der Waals surface area (Å²) in [5, 5.41) is 8.81. The number of aliphatic carboxylic acids is 1. The second-order valence-electron chi connectivity index (χ2n) is 5.92. The summed E-state index contributed by atoms with van der Waals surface area (Å²) in [5.74, 6) is -0.494. The zero-order chi connectivity index (χ0) is 14.0. The van der Waals surface area contributed by atoms with Crippen LogP contribution in [0.15, 0.2) is 0 Å². The zero-order valence-corrected chi connectivity index (χ0v) is 11.7. The van der Waals surface area contributed by atoms with Gasteiger partial charge in [-0.2, -0.15) is 0 Å². The number of hydrogen-bond donors (Lipinski definition) is 1. The molecule has 2 rings (SSSR count). The topological polar surface area (TPSA) is 64.1 Å². The molecule has 0 spiro atoms. The number of carboxylic acids is 1. The first-order valence-corrected chi connectivity index (χ1v) is 6.88. The lowest BCUT2D eigenvalue weighted by Crippen LogP contribution is -2.58. The smallest absolute Gasteiger partial charge is 0.320 e. The van der Waals surface area contributed by atoms with E-state index in [0.717, 1.165) is 32.5 Å². The van der Waals surface area contributed by atoms with Gasteiger partial charge in [0.05, 0.1) is 5.92 Å². The minimum Gasteiger partial charge on any atom is -0.481 e. The number of amides is 2. The molecule has 2 aliphatic rings. The third-order valence-electron chi connectivity index (χ3n) is 4.01. The number of carboxylic acid groups (broad SMARTS) is 1. The minimum atomic E-state index is -0.797. The molecule has 0 aromatic heterocycles. The Morgan fingerprint density at radius 3 is 2.21 bits per heavy atom. The Balaban J connectivity index is 1.73. The van der Waals surface area contributed by atoms with Crippen molar-refractivity contribution in [1.29, 1.82) is 0 Å². The maximum Gasteiger partial charge on any atom is 0.320 e. The Labute approximate surface area is 114 Å². The molecule has 2 saturated heterocycles. The van der Waals surface area contributed by atoms with Crippen LogP contribution in [0.1, 0.15) is 12.8 Å². The Bertz CT molecular complexity index is 345. The normalized spacial score (nSPS) is 21.6. The predicted molar refractivity (Wildman–Crippen MR) is 70.9 cm³/mol. The Hall–Kier alpha value is -1.30. The van der Waals surface area contributed by atoms with Crippen LogP contribution in [0.2, 0.25) is 0 Å². The number of carbonyl (C=O) groups excluding carboxylic acids is 1. The highest BCUT2D eigenvalue weighted by Crippen LogP contribution is 2.22. The van der Waals surface area contributed by atoms with Crippen LogP contribution < -0.4 is 0 Å². The van der Waals surface area contributed by atoms with E-state index in [1.807, 2.05) is 4.90 Å². The first-order chi connectivity index (χ1) is 8.97. The van der Waals surface area contributed by atoms with Crippen molar-refractivity contribution in [1.82, 2.24) is 14.7 Å². The van der Waals surface area contributed by atoms with Gasteiger partial charge in [-0.1, -0.05) is 0 Å². The molecule has 0 aromatic rings. The quantitative estimate of drug-likeness (QED) is 0.805. The number of urea groups is 1. The van der Waals surface area contributed by atoms with Crippen LogP contribution in [-0.4, -0.2) is 78.6 Å². The second kappa shape index (κ2) is 5.77. The number of carbonyl (C=O) groups is 2. The van der Waals surface area contributed by atoms with Crippen LogP contribution in [0.5, 0.6) is 0 Å². The van der Waals surface area contributed by atoms with E-state index in [1.165, 1.54) is 0 Å². The van der Waals surface area contributed by atoms with Gasteiger partial charge >= 0.3 is 12.0 Å². The number of nitrogens with zero attached hydrogens (tertiary/aromatic N) is 3. The molecule has 19 heavy (non-hydrogen) atoms. The standard InChI is InChI=1S/C13H23N3O3/c1-14(2)7-10-3-5-15(6-4-10)13(19)16-8-11(9-16)12(17)18/h10-11H,3-9H2,1-2H3,(H,17,18). The molecule has 0 aromatic carbocycles. The lowest BCUT2D eigenvalue weighted by Gasteiger charge is -2.42. The zero-order valence-electron chi connectivity index (χ0n) is 11.7. The molecule has 0 unspecified atom stereocenters. The van der Waals surface area contributed by atoms with Crippen molar-refractivity contribution in [2.24, 2.45) is 11.8 Å². The number of piperidine rings is 1. The molecule has 2 aliphatic heterocycles. The van der Waals surface area contributed by atoms with Gasteiger partial charge < -0.3 is 19.8 Å². The first kappa shape index (κ1) is 14.1. The van der Waals surface area contributed by atoms with Crippen molar-refractivity contribution in [3.8, 4) is 0 Å². The Morgan fingerprint density at radius 2 is 1.74 bits per heavy atom. The molecular weight excluding hydrogens is 246 g/mol. The van der Waals surface area contributed by atoms with E-state index < -0.39 is 5.97 Å². The summed E-state index contributed by atoms with van der Waals surface area (Å²) in [5.41, 5.74) is 0. The molecule has 2 fully saturated rings. The molecule has 0 saturated carbocycles. The van der Waals surface area contributed by atoms with Crippen molar-refractivity contribution in [2.75, 3.05) is 46.8 Å². The minimum absolute atomic E-state index is 0.0146. The number of hydrogen-bond acceptors (Lipinski definition) is 3. The third-order valence-corrected chi connectivity index (χ3v) is 4.01. The van der Waals surface area contributed by atoms with E-state index in [0.29, 0.717) is 19.0 Å². The van der Waals surface area contributed by atoms with E-state index in [2.05, 4.69) is 19.0 Å². The predicted octanol–water partition coefficient (Wildman–Crippen LogP) is 0.396. The fourth-order valence-corrected chi connectivity index (χ4v) is 2.81. The average Bonchev–Trinajstić information content (AvgIpc) is 2.26. The van der Waals surface area contributed by atoms with E-state index in [-0.39, 0.29) is 11.9 Å². The summed E-state index contributed by atoms with van der Waals surface area (Å²) in [6, 6.07) is 0.0146. The highest BCUT2D eigenvalue weighted by Gasteiger charge is 2.38. The molecule has 0 aliphatic carbocycles.